The van der Waals surface area contributed by atoms with E-state index in [1.807, 2.05) is 30.7 Å². The number of aryl methyl sites for hydroxylation is 2. The zero-order valence-corrected chi connectivity index (χ0v) is 17.6. The molecule has 0 aromatic carbocycles. The standard InChI is InChI=1S/C22H29N5O2/c1-13(2)27-21-19(12-25-27)18(22(28)24-11-16-6-5-7-23-10-16)9-20(26-21)17-8-14(3)29-15(17)4/h8-9,12-13,16,23H,5-7,10-11H2,1-4H3,(H,24,28). The number of carbonyl (C=O) groups excluding carboxylic acids is 1. The van der Waals surface area contributed by atoms with E-state index >= 15 is 0 Å². The van der Waals surface area contributed by atoms with Gasteiger partial charge in [0.05, 0.1) is 22.8 Å². The summed E-state index contributed by atoms with van der Waals surface area (Å²) in [6, 6.07) is 3.97. The van der Waals surface area contributed by atoms with Gasteiger partial charge in [-0.1, -0.05) is 0 Å². The van der Waals surface area contributed by atoms with Crippen molar-refractivity contribution >= 4 is 16.9 Å². The van der Waals surface area contributed by atoms with Gasteiger partial charge in [0.1, 0.15) is 11.5 Å². The minimum Gasteiger partial charge on any atom is -0.466 e. The molecule has 0 spiro atoms. The number of furan rings is 1. The fraction of sp³-hybridized carbons (Fsp3) is 0.500. The molecule has 1 atom stereocenters. The van der Waals surface area contributed by atoms with Crippen molar-refractivity contribution in [2.45, 2.75) is 46.6 Å². The van der Waals surface area contributed by atoms with Crippen molar-refractivity contribution < 1.29 is 9.21 Å². The van der Waals surface area contributed by atoms with Gasteiger partial charge < -0.3 is 15.1 Å². The van der Waals surface area contributed by atoms with E-state index in [9.17, 15) is 4.79 Å². The van der Waals surface area contributed by atoms with Crippen LogP contribution >= 0.6 is 0 Å². The van der Waals surface area contributed by atoms with E-state index < -0.39 is 0 Å². The fourth-order valence-electron chi connectivity index (χ4n) is 4.04. The lowest BCUT2D eigenvalue weighted by atomic mass is 9.99. The summed E-state index contributed by atoms with van der Waals surface area (Å²) in [5.41, 5.74) is 2.98. The molecular formula is C22H29N5O2. The molecule has 3 aromatic rings. The molecule has 0 radical (unpaired) electrons. The molecule has 29 heavy (non-hydrogen) atoms. The number of hydrogen-bond acceptors (Lipinski definition) is 5. The highest BCUT2D eigenvalue weighted by Gasteiger charge is 2.21. The molecule has 0 bridgehead atoms. The van der Waals surface area contributed by atoms with Gasteiger partial charge >= 0.3 is 0 Å². The van der Waals surface area contributed by atoms with Crippen LogP contribution in [0.15, 0.2) is 22.7 Å². The Kier molecular flexibility index (Phi) is 5.41. The zero-order valence-electron chi connectivity index (χ0n) is 17.6. The van der Waals surface area contributed by atoms with E-state index in [1.165, 1.54) is 0 Å². The predicted molar refractivity (Wildman–Crippen MR) is 113 cm³/mol. The van der Waals surface area contributed by atoms with Crippen molar-refractivity contribution in [2.24, 2.45) is 5.92 Å². The third kappa shape index (κ3) is 3.92. The first kappa shape index (κ1) is 19.6. The molecule has 1 saturated heterocycles. The van der Waals surface area contributed by atoms with Crippen LogP contribution in [0.3, 0.4) is 0 Å². The van der Waals surface area contributed by atoms with E-state index in [4.69, 9.17) is 9.40 Å². The van der Waals surface area contributed by atoms with Crippen molar-refractivity contribution in [1.82, 2.24) is 25.4 Å². The Balaban J connectivity index is 1.73. The highest BCUT2D eigenvalue weighted by molar-refractivity contribution is 6.06. The second-order valence-corrected chi connectivity index (χ2v) is 8.22. The zero-order chi connectivity index (χ0) is 20.5. The smallest absolute Gasteiger partial charge is 0.252 e. The van der Waals surface area contributed by atoms with Crippen LogP contribution in [-0.4, -0.2) is 40.3 Å². The third-order valence-corrected chi connectivity index (χ3v) is 5.57. The maximum atomic E-state index is 13.1. The predicted octanol–water partition coefficient (Wildman–Crippen LogP) is 3.62. The summed E-state index contributed by atoms with van der Waals surface area (Å²) in [6.45, 7) is 10.6. The van der Waals surface area contributed by atoms with Crippen molar-refractivity contribution in [3.63, 3.8) is 0 Å². The van der Waals surface area contributed by atoms with Gasteiger partial charge in [-0.3, -0.25) is 4.79 Å². The molecule has 4 heterocycles. The number of carbonyl (C=O) groups is 1. The van der Waals surface area contributed by atoms with Gasteiger partial charge in [-0.15, -0.1) is 0 Å². The lowest BCUT2D eigenvalue weighted by Gasteiger charge is -2.23. The van der Waals surface area contributed by atoms with Gasteiger partial charge in [-0.05, 0) is 71.7 Å². The molecule has 1 aliphatic rings. The molecule has 154 valence electrons. The van der Waals surface area contributed by atoms with Crippen molar-refractivity contribution in [3.8, 4) is 11.3 Å². The third-order valence-electron chi connectivity index (χ3n) is 5.57. The molecule has 4 rings (SSSR count). The number of hydrogen-bond donors (Lipinski definition) is 2. The van der Waals surface area contributed by atoms with E-state index in [1.54, 1.807) is 6.20 Å². The van der Waals surface area contributed by atoms with Crippen LogP contribution in [0.25, 0.3) is 22.3 Å². The van der Waals surface area contributed by atoms with E-state index in [0.29, 0.717) is 18.0 Å². The van der Waals surface area contributed by atoms with Crippen molar-refractivity contribution in [3.05, 3.63) is 35.4 Å². The van der Waals surface area contributed by atoms with Gasteiger partial charge in [0.2, 0.25) is 0 Å². The average molecular weight is 396 g/mol. The number of fused-ring (bicyclic) bond motifs is 1. The largest absolute Gasteiger partial charge is 0.466 e. The molecule has 3 aromatic heterocycles. The highest BCUT2D eigenvalue weighted by Crippen LogP contribution is 2.30. The molecule has 0 aliphatic carbocycles. The van der Waals surface area contributed by atoms with Gasteiger partial charge in [0, 0.05) is 18.2 Å². The van der Waals surface area contributed by atoms with E-state index in [2.05, 4.69) is 29.6 Å². The number of piperidine rings is 1. The van der Waals surface area contributed by atoms with Crippen LogP contribution in [0.1, 0.15) is 54.6 Å². The average Bonchev–Trinajstić information content (AvgIpc) is 3.28. The Bertz CT molecular complexity index is 1030. The quantitative estimate of drug-likeness (QED) is 0.689. The summed E-state index contributed by atoms with van der Waals surface area (Å²) in [7, 11) is 0. The number of rotatable bonds is 5. The second kappa shape index (κ2) is 7.99. The number of nitrogens with one attached hydrogen (secondary N) is 2. The summed E-state index contributed by atoms with van der Waals surface area (Å²) in [5, 5.41) is 11.8. The first-order chi connectivity index (χ1) is 13.9. The highest BCUT2D eigenvalue weighted by atomic mass is 16.3. The van der Waals surface area contributed by atoms with Gasteiger partial charge in [0.15, 0.2) is 5.65 Å². The molecule has 1 amide bonds. The molecule has 1 fully saturated rings. The summed E-state index contributed by atoms with van der Waals surface area (Å²) >= 11 is 0. The van der Waals surface area contributed by atoms with Crippen LogP contribution in [0.2, 0.25) is 0 Å². The van der Waals surface area contributed by atoms with Gasteiger partial charge in [0.25, 0.3) is 5.91 Å². The Labute approximate surface area is 170 Å². The minimum atomic E-state index is -0.0783. The fourth-order valence-corrected chi connectivity index (χ4v) is 4.04. The summed E-state index contributed by atoms with van der Waals surface area (Å²) in [4.78, 5) is 18.0. The monoisotopic (exact) mass is 395 g/mol. The number of amides is 1. The van der Waals surface area contributed by atoms with E-state index in [0.717, 1.165) is 59.7 Å². The summed E-state index contributed by atoms with van der Waals surface area (Å²) in [5.74, 6) is 2.02. The van der Waals surface area contributed by atoms with Crippen LogP contribution in [0.5, 0.6) is 0 Å². The second-order valence-electron chi connectivity index (χ2n) is 8.22. The molecule has 2 N–H and O–H groups in total. The molecule has 7 heteroatoms. The van der Waals surface area contributed by atoms with Gasteiger partial charge in [-0.2, -0.15) is 5.10 Å². The normalized spacial score (nSPS) is 17.2. The lowest BCUT2D eigenvalue weighted by Crippen LogP contribution is -2.38. The molecule has 1 unspecified atom stereocenters. The minimum absolute atomic E-state index is 0.0783. The topological polar surface area (TPSA) is 85.0 Å². The number of pyridine rings is 1. The Hall–Kier alpha value is -2.67. The van der Waals surface area contributed by atoms with Crippen molar-refractivity contribution in [2.75, 3.05) is 19.6 Å². The summed E-state index contributed by atoms with van der Waals surface area (Å²) in [6.07, 6.45) is 4.05. The van der Waals surface area contributed by atoms with Gasteiger partial charge in [-0.25, -0.2) is 9.67 Å². The first-order valence-corrected chi connectivity index (χ1v) is 10.4. The Morgan fingerprint density at radius 2 is 2.21 bits per heavy atom. The van der Waals surface area contributed by atoms with Crippen molar-refractivity contribution in [1.29, 1.82) is 0 Å². The molecular weight excluding hydrogens is 366 g/mol. The molecule has 7 nitrogen and oxygen atoms in total. The number of aromatic nitrogens is 3. The Morgan fingerprint density at radius 1 is 1.38 bits per heavy atom. The SMILES string of the molecule is Cc1cc(-c2cc(C(=O)NCC3CCCNC3)c3cnn(C(C)C)c3n2)c(C)o1. The van der Waals surface area contributed by atoms with Crippen LogP contribution in [-0.2, 0) is 0 Å². The van der Waals surface area contributed by atoms with Crippen LogP contribution in [0, 0.1) is 19.8 Å². The lowest BCUT2D eigenvalue weighted by molar-refractivity contribution is 0.0946. The first-order valence-electron chi connectivity index (χ1n) is 10.4. The van der Waals surface area contributed by atoms with Crippen LogP contribution < -0.4 is 10.6 Å². The maximum Gasteiger partial charge on any atom is 0.252 e. The molecule has 1 aliphatic heterocycles. The molecule has 0 saturated carbocycles. The van der Waals surface area contributed by atoms with Crippen LogP contribution in [0.4, 0.5) is 0 Å². The maximum absolute atomic E-state index is 13.1. The van der Waals surface area contributed by atoms with E-state index in [-0.39, 0.29) is 11.9 Å². The summed E-state index contributed by atoms with van der Waals surface area (Å²) < 4.78 is 7.56. The number of nitrogens with zero attached hydrogens (tertiary/aromatic N) is 3. The Morgan fingerprint density at radius 3 is 2.86 bits per heavy atom.